The van der Waals surface area contributed by atoms with Crippen molar-refractivity contribution in [2.24, 2.45) is 5.92 Å². The highest BCUT2D eigenvalue weighted by Gasteiger charge is 2.22. The van der Waals surface area contributed by atoms with Crippen LogP contribution in [-0.2, 0) is 10.5 Å². The van der Waals surface area contributed by atoms with Crippen LogP contribution in [0.25, 0.3) is 5.65 Å². The molecule has 1 aliphatic heterocycles. The Morgan fingerprint density at radius 3 is 2.66 bits per heavy atom. The molecule has 170 valence electrons. The smallest absolute Gasteiger partial charge is 0.251 e. The Bertz CT molecular complexity index is 979. The molecule has 1 saturated heterocycles. The third-order valence-electron chi connectivity index (χ3n) is 5.72. The van der Waals surface area contributed by atoms with Crippen LogP contribution in [-0.4, -0.2) is 59.1 Å². The molecule has 0 aliphatic carbocycles. The van der Waals surface area contributed by atoms with Gasteiger partial charge in [-0.1, -0.05) is 19.9 Å². The van der Waals surface area contributed by atoms with E-state index in [2.05, 4.69) is 35.2 Å². The van der Waals surface area contributed by atoms with Crippen molar-refractivity contribution < 1.29 is 9.53 Å². The van der Waals surface area contributed by atoms with Crippen LogP contribution in [0, 0.1) is 5.92 Å². The van der Waals surface area contributed by atoms with E-state index in [9.17, 15) is 4.79 Å². The maximum atomic E-state index is 12.7. The fraction of sp³-hybridized carbons (Fsp3) is 0.440. The number of imidazole rings is 1. The van der Waals surface area contributed by atoms with Crippen LogP contribution in [0.4, 0.5) is 0 Å². The standard InChI is InChI=1S/C25H32N4O2S/c1-19(2)15-22(28-11-13-31-14-12-28)16-26-25(30)20-6-8-23(9-7-20)32-18-21-17-29-10-4-3-5-24(29)27-21/h3-10,17,19,22H,11-16,18H2,1-2H3,(H,26,30). The van der Waals surface area contributed by atoms with Crippen LogP contribution >= 0.6 is 11.8 Å². The van der Waals surface area contributed by atoms with E-state index in [-0.39, 0.29) is 5.91 Å². The first kappa shape index (κ1) is 22.8. The summed E-state index contributed by atoms with van der Waals surface area (Å²) in [4.78, 5) is 20.9. The SMILES string of the molecule is CC(C)CC(CNC(=O)c1ccc(SCc2cn3ccccc3n2)cc1)N1CCOCC1. The Labute approximate surface area is 194 Å². The van der Waals surface area contributed by atoms with E-state index in [4.69, 9.17) is 4.74 Å². The molecule has 0 saturated carbocycles. The fourth-order valence-corrected chi connectivity index (χ4v) is 4.86. The molecule has 0 bridgehead atoms. The zero-order valence-electron chi connectivity index (χ0n) is 18.9. The second kappa shape index (κ2) is 11.0. The van der Waals surface area contributed by atoms with Crippen molar-refractivity contribution in [1.82, 2.24) is 19.6 Å². The largest absolute Gasteiger partial charge is 0.379 e. The van der Waals surface area contributed by atoms with Gasteiger partial charge in [-0.05, 0) is 48.7 Å². The van der Waals surface area contributed by atoms with E-state index >= 15 is 0 Å². The Balaban J connectivity index is 1.29. The molecule has 6 nitrogen and oxygen atoms in total. The first-order valence-corrected chi connectivity index (χ1v) is 12.3. The minimum atomic E-state index is -0.0103. The van der Waals surface area contributed by atoms with Crippen molar-refractivity contribution in [3.63, 3.8) is 0 Å². The number of hydrogen-bond acceptors (Lipinski definition) is 5. The van der Waals surface area contributed by atoms with Gasteiger partial charge in [0.1, 0.15) is 5.65 Å². The Kier molecular flexibility index (Phi) is 7.84. The number of morpholine rings is 1. The van der Waals surface area contributed by atoms with Gasteiger partial charge in [0.25, 0.3) is 5.91 Å². The number of carbonyl (C=O) groups is 1. The Morgan fingerprint density at radius 1 is 1.16 bits per heavy atom. The second-order valence-corrected chi connectivity index (χ2v) is 9.70. The van der Waals surface area contributed by atoms with Crippen molar-refractivity contribution in [1.29, 1.82) is 0 Å². The molecule has 4 rings (SSSR count). The maximum Gasteiger partial charge on any atom is 0.251 e. The molecule has 3 aromatic rings. The lowest BCUT2D eigenvalue weighted by atomic mass is 10.0. The molecule has 2 aromatic heterocycles. The van der Waals surface area contributed by atoms with Crippen LogP contribution in [0.1, 0.15) is 36.3 Å². The summed E-state index contributed by atoms with van der Waals surface area (Å²) in [5.74, 6) is 1.37. The molecule has 7 heteroatoms. The number of nitrogens with zero attached hydrogens (tertiary/aromatic N) is 3. The number of nitrogens with one attached hydrogen (secondary N) is 1. The summed E-state index contributed by atoms with van der Waals surface area (Å²) in [6, 6.07) is 14.2. The van der Waals surface area contributed by atoms with E-state index < -0.39 is 0 Å². The van der Waals surface area contributed by atoms with Crippen molar-refractivity contribution in [2.45, 2.75) is 37.0 Å². The lowest BCUT2D eigenvalue weighted by Crippen LogP contribution is -2.49. The summed E-state index contributed by atoms with van der Waals surface area (Å²) in [5.41, 5.74) is 2.71. The van der Waals surface area contributed by atoms with Crippen molar-refractivity contribution >= 4 is 23.3 Å². The molecule has 1 atom stereocenters. The number of hydrogen-bond donors (Lipinski definition) is 1. The Hall–Kier alpha value is -2.35. The lowest BCUT2D eigenvalue weighted by molar-refractivity contribution is 0.0124. The number of thioether (sulfide) groups is 1. The minimum Gasteiger partial charge on any atom is -0.379 e. The van der Waals surface area contributed by atoms with Crippen LogP contribution in [0.5, 0.6) is 0 Å². The zero-order chi connectivity index (χ0) is 22.3. The molecule has 32 heavy (non-hydrogen) atoms. The van der Waals surface area contributed by atoms with E-state index in [1.165, 1.54) is 0 Å². The van der Waals surface area contributed by atoms with Gasteiger partial charge in [0.2, 0.25) is 0 Å². The zero-order valence-corrected chi connectivity index (χ0v) is 19.7. The van der Waals surface area contributed by atoms with Gasteiger partial charge in [0.05, 0.1) is 18.9 Å². The molecule has 3 heterocycles. The molecule has 0 spiro atoms. The number of rotatable bonds is 9. The summed E-state index contributed by atoms with van der Waals surface area (Å²) in [6.45, 7) is 8.56. The molecule has 1 aromatic carbocycles. The number of fused-ring (bicyclic) bond motifs is 1. The van der Waals surface area contributed by atoms with Crippen molar-refractivity contribution in [3.8, 4) is 0 Å². The number of ether oxygens (including phenoxy) is 1. The van der Waals surface area contributed by atoms with E-state index in [0.29, 0.717) is 24.1 Å². The number of amides is 1. The maximum absolute atomic E-state index is 12.7. The van der Waals surface area contributed by atoms with Gasteiger partial charge in [0.15, 0.2) is 0 Å². The summed E-state index contributed by atoms with van der Waals surface area (Å²) in [7, 11) is 0. The predicted molar refractivity (Wildman–Crippen MR) is 129 cm³/mol. The summed E-state index contributed by atoms with van der Waals surface area (Å²) >= 11 is 1.73. The minimum absolute atomic E-state index is 0.0103. The first-order chi connectivity index (χ1) is 15.6. The van der Waals surface area contributed by atoms with Crippen LogP contribution < -0.4 is 5.32 Å². The summed E-state index contributed by atoms with van der Waals surface area (Å²) in [6.07, 6.45) is 5.14. The number of pyridine rings is 1. The van der Waals surface area contributed by atoms with Crippen LogP contribution in [0.2, 0.25) is 0 Å². The quantitative estimate of drug-likeness (QED) is 0.495. The van der Waals surface area contributed by atoms with Gasteiger partial charge in [-0.25, -0.2) is 4.98 Å². The second-order valence-electron chi connectivity index (χ2n) is 8.65. The highest BCUT2D eigenvalue weighted by Crippen LogP contribution is 2.23. The third kappa shape index (κ3) is 6.12. The van der Waals surface area contributed by atoms with Gasteiger partial charge < -0.3 is 14.5 Å². The molecule has 1 fully saturated rings. The lowest BCUT2D eigenvalue weighted by Gasteiger charge is -2.35. The van der Waals surface area contributed by atoms with Gasteiger partial charge in [-0.15, -0.1) is 11.8 Å². The number of carbonyl (C=O) groups excluding carboxylic acids is 1. The van der Waals surface area contributed by atoms with E-state index in [1.54, 1.807) is 11.8 Å². The van der Waals surface area contributed by atoms with Crippen molar-refractivity contribution in [2.75, 3.05) is 32.8 Å². The number of benzene rings is 1. The summed E-state index contributed by atoms with van der Waals surface area (Å²) < 4.78 is 7.52. The third-order valence-corrected chi connectivity index (χ3v) is 6.77. The van der Waals surface area contributed by atoms with Gasteiger partial charge in [0, 0.05) is 54.3 Å². The Morgan fingerprint density at radius 2 is 1.94 bits per heavy atom. The normalized spacial score (nSPS) is 15.8. The van der Waals surface area contributed by atoms with Crippen molar-refractivity contribution in [3.05, 3.63) is 66.1 Å². The van der Waals surface area contributed by atoms with Gasteiger partial charge in [-0.2, -0.15) is 0 Å². The average Bonchev–Trinajstić information content (AvgIpc) is 3.24. The first-order valence-electron chi connectivity index (χ1n) is 11.3. The molecule has 1 amide bonds. The summed E-state index contributed by atoms with van der Waals surface area (Å²) in [5, 5.41) is 3.15. The molecular formula is C25H32N4O2S. The fourth-order valence-electron chi connectivity index (χ4n) is 4.08. The van der Waals surface area contributed by atoms with Crippen LogP contribution in [0.15, 0.2) is 59.8 Å². The van der Waals surface area contributed by atoms with Gasteiger partial charge >= 0.3 is 0 Å². The highest BCUT2D eigenvalue weighted by molar-refractivity contribution is 7.98. The van der Waals surface area contributed by atoms with Crippen LogP contribution in [0.3, 0.4) is 0 Å². The average molecular weight is 453 g/mol. The molecular weight excluding hydrogens is 420 g/mol. The molecule has 0 radical (unpaired) electrons. The predicted octanol–water partition coefficient (Wildman–Crippen LogP) is 4.10. The molecule has 1 N–H and O–H groups in total. The topological polar surface area (TPSA) is 58.9 Å². The monoisotopic (exact) mass is 452 g/mol. The molecule has 1 unspecified atom stereocenters. The number of aromatic nitrogens is 2. The molecule has 1 aliphatic rings. The highest BCUT2D eigenvalue weighted by atomic mass is 32.2. The van der Waals surface area contributed by atoms with E-state index in [0.717, 1.165) is 54.7 Å². The van der Waals surface area contributed by atoms with Gasteiger partial charge in [-0.3, -0.25) is 9.69 Å². The van der Waals surface area contributed by atoms with E-state index in [1.807, 2.05) is 53.1 Å².